The van der Waals surface area contributed by atoms with Gasteiger partial charge in [-0.05, 0) is 25.3 Å². The van der Waals surface area contributed by atoms with E-state index >= 15 is 0 Å². The molecule has 0 bridgehead atoms. The first-order valence-electron chi connectivity index (χ1n) is 7.17. The predicted molar refractivity (Wildman–Crippen MR) is 79.2 cm³/mol. The molecular formula is C16H18N2O3. The Kier molecular flexibility index (Phi) is 3.41. The topological polar surface area (TPSA) is 62.5 Å². The van der Waals surface area contributed by atoms with Gasteiger partial charge in [-0.25, -0.2) is 4.79 Å². The number of carboxylic acids is 1. The van der Waals surface area contributed by atoms with Crippen molar-refractivity contribution in [2.45, 2.75) is 25.3 Å². The number of para-hydroxylation sites is 1. The number of amides is 1. The lowest BCUT2D eigenvalue weighted by Crippen LogP contribution is -2.47. The highest BCUT2D eigenvalue weighted by molar-refractivity contribution is 6.07. The molecule has 21 heavy (non-hydrogen) atoms. The van der Waals surface area contributed by atoms with E-state index in [0.29, 0.717) is 18.5 Å². The Morgan fingerprint density at radius 1 is 1.24 bits per heavy atom. The summed E-state index contributed by atoms with van der Waals surface area (Å²) in [6.07, 6.45) is 4.04. The molecule has 2 heterocycles. The third kappa shape index (κ3) is 2.28. The summed E-state index contributed by atoms with van der Waals surface area (Å²) in [6, 6.07) is 6.98. The van der Waals surface area contributed by atoms with Crippen LogP contribution in [0.2, 0.25) is 0 Å². The van der Waals surface area contributed by atoms with Gasteiger partial charge in [0.05, 0.1) is 5.56 Å². The number of rotatable bonds is 2. The maximum absolute atomic E-state index is 12.8. The van der Waals surface area contributed by atoms with Gasteiger partial charge in [-0.1, -0.05) is 18.2 Å². The lowest BCUT2D eigenvalue weighted by atomic mass is 10.0. The third-order valence-corrected chi connectivity index (χ3v) is 4.18. The van der Waals surface area contributed by atoms with Gasteiger partial charge in [0.1, 0.15) is 6.04 Å². The van der Waals surface area contributed by atoms with E-state index in [1.807, 2.05) is 35.9 Å². The lowest BCUT2D eigenvalue weighted by molar-refractivity contribution is -0.143. The Morgan fingerprint density at radius 3 is 2.76 bits per heavy atom. The maximum atomic E-state index is 12.8. The molecule has 3 rings (SSSR count). The first kappa shape index (κ1) is 13.7. The smallest absolute Gasteiger partial charge is 0.326 e. The summed E-state index contributed by atoms with van der Waals surface area (Å²) < 4.78 is 1.91. The highest BCUT2D eigenvalue weighted by Gasteiger charge is 2.33. The molecule has 1 aliphatic rings. The summed E-state index contributed by atoms with van der Waals surface area (Å²) in [6.45, 7) is 0.513. The zero-order valence-corrected chi connectivity index (χ0v) is 12.0. The second-order valence-corrected chi connectivity index (χ2v) is 5.52. The average molecular weight is 286 g/mol. The number of benzene rings is 1. The molecule has 1 N–H and O–H groups in total. The fourth-order valence-electron chi connectivity index (χ4n) is 3.10. The van der Waals surface area contributed by atoms with Crippen molar-refractivity contribution in [1.82, 2.24) is 9.47 Å². The quantitative estimate of drug-likeness (QED) is 0.921. The monoisotopic (exact) mass is 286 g/mol. The molecule has 0 saturated carbocycles. The summed E-state index contributed by atoms with van der Waals surface area (Å²) >= 11 is 0. The fourth-order valence-corrected chi connectivity index (χ4v) is 3.10. The van der Waals surface area contributed by atoms with Crippen molar-refractivity contribution >= 4 is 22.8 Å². The predicted octanol–water partition coefficient (Wildman–Crippen LogP) is 2.26. The molecule has 1 atom stereocenters. The maximum Gasteiger partial charge on any atom is 0.326 e. The lowest BCUT2D eigenvalue weighted by Gasteiger charge is -2.32. The van der Waals surface area contributed by atoms with Gasteiger partial charge < -0.3 is 14.6 Å². The van der Waals surface area contributed by atoms with Crippen molar-refractivity contribution in [3.8, 4) is 0 Å². The van der Waals surface area contributed by atoms with E-state index in [1.165, 1.54) is 4.90 Å². The molecule has 1 saturated heterocycles. The molecule has 1 aromatic carbocycles. The summed E-state index contributed by atoms with van der Waals surface area (Å²) in [5, 5.41) is 10.2. The van der Waals surface area contributed by atoms with Gasteiger partial charge in [-0.3, -0.25) is 4.79 Å². The van der Waals surface area contributed by atoms with E-state index in [2.05, 4.69) is 0 Å². The fraction of sp³-hybridized carbons (Fsp3) is 0.375. The van der Waals surface area contributed by atoms with E-state index in [1.54, 1.807) is 6.20 Å². The Balaban J connectivity index is 2.01. The zero-order chi connectivity index (χ0) is 15.0. The Bertz CT molecular complexity index is 705. The number of aliphatic carboxylic acids is 1. The number of fused-ring (bicyclic) bond motifs is 1. The second-order valence-electron chi connectivity index (χ2n) is 5.52. The van der Waals surface area contributed by atoms with Crippen LogP contribution in [0.4, 0.5) is 0 Å². The summed E-state index contributed by atoms with van der Waals surface area (Å²) in [7, 11) is 1.89. The number of hydrogen-bond donors (Lipinski definition) is 1. The highest BCUT2D eigenvalue weighted by Crippen LogP contribution is 2.25. The third-order valence-electron chi connectivity index (χ3n) is 4.18. The van der Waals surface area contributed by atoms with Crippen LogP contribution in [0.5, 0.6) is 0 Å². The van der Waals surface area contributed by atoms with Gasteiger partial charge >= 0.3 is 5.97 Å². The molecule has 0 unspecified atom stereocenters. The number of piperidine rings is 1. The number of aryl methyl sites for hydroxylation is 1. The SMILES string of the molecule is Cn1cc(C(=O)N2CCCC[C@H]2C(=O)O)c2ccccc21. The molecule has 0 radical (unpaired) electrons. The average Bonchev–Trinajstić information content (AvgIpc) is 2.84. The Hall–Kier alpha value is -2.30. The molecule has 1 amide bonds. The van der Waals surface area contributed by atoms with Gasteiger partial charge in [-0.15, -0.1) is 0 Å². The second kappa shape index (κ2) is 5.24. The van der Waals surface area contributed by atoms with Crippen LogP contribution >= 0.6 is 0 Å². The largest absolute Gasteiger partial charge is 0.480 e. The first-order valence-corrected chi connectivity index (χ1v) is 7.17. The van der Waals surface area contributed by atoms with Gasteiger partial charge in [0.2, 0.25) is 0 Å². The van der Waals surface area contributed by atoms with E-state index in [-0.39, 0.29) is 5.91 Å². The van der Waals surface area contributed by atoms with E-state index < -0.39 is 12.0 Å². The molecule has 0 spiro atoms. The number of likely N-dealkylation sites (tertiary alicyclic amines) is 1. The molecule has 1 aromatic heterocycles. The van der Waals surface area contributed by atoms with E-state index in [9.17, 15) is 14.7 Å². The highest BCUT2D eigenvalue weighted by atomic mass is 16.4. The van der Waals surface area contributed by atoms with Gasteiger partial charge in [0, 0.05) is 30.7 Å². The summed E-state index contributed by atoms with van der Waals surface area (Å²) in [5.41, 5.74) is 1.56. The minimum atomic E-state index is -0.914. The number of aromatic nitrogens is 1. The molecule has 5 heteroatoms. The van der Waals surface area contributed by atoms with Crippen molar-refractivity contribution < 1.29 is 14.7 Å². The Morgan fingerprint density at radius 2 is 2.00 bits per heavy atom. The van der Waals surface area contributed by atoms with E-state index in [4.69, 9.17) is 0 Å². The molecule has 5 nitrogen and oxygen atoms in total. The van der Waals surface area contributed by atoms with Crippen molar-refractivity contribution in [3.63, 3.8) is 0 Å². The van der Waals surface area contributed by atoms with Crippen molar-refractivity contribution in [3.05, 3.63) is 36.0 Å². The van der Waals surface area contributed by atoms with Crippen LogP contribution < -0.4 is 0 Å². The normalized spacial score (nSPS) is 18.9. The van der Waals surface area contributed by atoms with Crippen molar-refractivity contribution in [2.24, 2.45) is 7.05 Å². The minimum Gasteiger partial charge on any atom is -0.480 e. The van der Waals surface area contributed by atoms with E-state index in [0.717, 1.165) is 23.7 Å². The molecule has 1 aliphatic heterocycles. The van der Waals surface area contributed by atoms with Gasteiger partial charge in [0.15, 0.2) is 0 Å². The summed E-state index contributed by atoms with van der Waals surface area (Å²) in [4.78, 5) is 25.7. The molecular weight excluding hydrogens is 268 g/mol. The number of carbonyl (C=O) groups is 2. The van der Waals surface area contributed by atoms with Crippen LogP contribution in [0.25, 0.3) is 10.9 Å². The van der Waals surface area contributed by atoms with Crippen LogP contribution in [-0.2, 0) is 11.8 Å². The Labute approximate surface area is 122 Å². The van der Waals surface area contributed by atoms with Crippen molar-refractivity contribution in [1.29, 1.82) is 0 Å². The number of hydrogen-bond acceptors (Lipinski definition) is 2. The number of carboxylic acid groups (broad SMARTS) is 1. The standard InChI is InChI=1S/C16H18N2O3/c1-17-10-12(11-6-2-3-7-13(11)17)15(19)18-9-5-4-8-14(18)16(20)21/h2-3,6-7,10,14H,4-5,8-9H2,1H3,(H,20,21)/t14-/m0/s1. The molecule has 110 valence electrons. The molecule has 1 fully saturated rings. The van der Waals surface area contributed by atoms with Crippen LogP contribution in [0.1, 0.15) is 29.6 Å². The first-order chi connectivity index (χ1) is 10.1. The van der Waals surface area contributed by atoms with Crippen LogP contribution in [0.15, 0.2) is 30.5 Å². The summed E-state index contributed by atoms with van der Waals surface area (Å²) in [5.74, 6) is -1.10. The van der Waals surface area contributed by atoms with Crippen LogP contribution in [0, 0.1) is 0 Å². The minimum absolute atomic E-state index is 0.182. The van der Waals surface area contributed by atoms with Gasteiger partial charge in [-0.2, -0.15) is 0 Å². The van der Waals surface area contributed by atoms with Gasteiger partial charge in [0.25, 0.3) is 5.91 Å². The molecule has 2 aromatic rings. The van der Waals surface area contributed by atoms with Crippen LogP contribution in [0.3, 0.4) is 0 Å². The van der Waals surface area contributed by atoms with Crippen LogP contribution in [-0.4, -0.2) is 39.0 Å². The number of nitrogens with zero attached hydrogens (tertiary/aromatic N) is 2. The zero-order valence-electron chi connectivity index (χ0n) is 12.0. The number of carbonyl (C=O) groups excluding carboxylic acids is 1. The van der Waals surface area contributed by atoms with Crippen molar-refractivity contribution in [2.75, 3.05) is 6.54 Å². The molecule has 0 aliphatic carbocycles.